The Kier molecular flexibility index (Phi) is 4.73. The smallest absolute Gasteiger partial charge is 0.229 e. The summed E-state index contributed by atoms with van der Waals surface area (Å²) in [6.45, 7) is 0. The fourth-order valence-corrected chi connectivity index (χ4v) is 5.61. The predicted molar refractivity (Wildman–Crippen MR) is 98.2 cm³/mol. The Morgan fingerprint density at radius 1 is 1.28 bits per heavy atom. The van der Waals surface area contributed by atoms with Crippen LogP contribution in [0.1, 0.15) is 36.8 Å². The highest BCUT2D eigenvalue weighted by Gasteiger charge is 2.43. The van der Waals surface area contributed by atoms with Gasteiger partial charge in [-0.2, -0.15) is 5.26 Å². The molecule has 2 saturated carbocycles. The van der Waals surface area contributed by atoms with E-state index in [-0.39, 0.29) is 11.8 Å². The summed E-state index contributed by atoms with van der Waals surface area (Å²) in [5.41, 5.74) is 1.79. The van der Waals surface area contributed by atoms with Crippen LogP contribution in [0.2, 0.25) is 0 Å². The zero-order chi connectivity index (χ0) is 17.2. The van der Waals surface area contributed by atoms with Crippen molar-refractivity contribution in [3.05, 3.63) is 35.4 Å². The molecule has 4 rings (SSSR count). The Morgan fingerprint density at radius 2 is 2.12 bits per heavy atom. The van der Waals surface area contributed by atoms with Crippen LogP contribution in [-0.4, -0.2) is 16.1 Å². The van der Waals surface area contributed by atoms with Gasteiger partial charge in [0.25, 0.3) is 0 Å². The predicted octanol–water partition coefficient (Wildman–Crippen LogP) is 4.08. The van der Waals surface area contributed by atoms with Gasteiger partial charge in [0.2, 0.25) is 11.0 Å². The molecule has 128 valence electrons. The molecule has 0 saturated heterocycles. The van der Waals surface area contributed by atoms with Gasteiger partial charge in [-0.05, 0) is 48.8 Å². The molecule has 25 heavy (non-hydrogen) atoms. The van der Waals surface area contributed by atoms with E-state index in [2.05, 4.69) is 21.6 Å². The molecule has 2 aromatic rings. The van der Waals surface area contributed by atoms with E-state index in [1.807, 2.05) is 24.3 Å². The van der Waals surface area contributed by atoms with Gasteiger partial charge in [-0.15, -0.1) is 10.2 Å². The first-order valence-corrected chi connectivity index (χ1v) is 10.3. The third-order valence-electron chi connectivity index (χ3n) is 5.16. The van der Waals surface area contributed by atoms with Crippen LogP contribution in [0, 0.1) is 29.1 Å². The maximum absolute atomic E-state index is 12.4. The average molecular weight is 371 g/mol. The van der Waals surface area contributed by atoms with Crippen molar-refractivity contribution in [2.24, 2.45) is 17.8 Å². The molecule has 5 nitrogen and oxygen atoms in total. The van der Waals surface area contributed by atoms with Crippen LogP contribution in [0.5, 0.6) is 0 Å². The molecule has 1 N–H and O–H groups in total. The standard InChI is InChI=1S/C18H18N4OS2/c19-9-11-1-3-12(4-2-11)10-24-18-22-21-17(25-18)20-16(23)15-8-13-5-6-14(15)7-13/h1-4,13-15H,5-8,10H2,(H,20,21,23). The molecule has 2 bridgehead atoms. The van der Waals surface area contributed by atoms with Crippen molar-refractivity contribution in [2.45, 2.75) is 35.8 Å². The SMILES string of the molecule is N#Cc1ccc(CSc2nnc(NC(=O)C3CC4CCC3C4)s2)cc1. The van der Waals surface area contributed by atoms with Crippen molar-refractivity contribution >= 4 is 34.1 Å². The fraction of sp³-hybridized carbons (Fsp3) is 0.444. The summed E-state index contributed by atoms with van der Waals surface area (Å²) in [7, 11) is 0. The summed E-state index contributed by atoms with van der Waals surface area (Å²) in [6, 6.07) is 9.65. The van der Waals surface area contributed by atoms with Gasteiger partial charge in [0.05, 0.1) is 11.6 Å². The van der Waals surface area contributed by atoms with E-state index in [0.717, 1.165) is 28.0 Å². The van der Waals surface area contributed by atoms with Crippen molar-refractivity contribution in [1.82, 2.24) is 10.2 Å². The topological polar surface area (TPSA) is 78.7 Å². The van der Waals surface area contributed by atoms with E-state index in [1.165, 1.54) is 30.6 Å². The first kappa shape index (κ1) is 16.6. The zero-order valence-corrected chi connectivity index (χ0v) is 15.3. The van der Waals surface area contributed by atoms with Crippen LogP contribution < -0.4 is 5.32 Å². The van der Waals surface area contributed by atoms with Crippen LogP contribution >= 0.6 is 23.1 Å². The largest absolute Gasteiger partial charge is 0.300 e. The quantitative estimate of drug-likeness (QED) is 0.634. The number of carbonyl (C=O) groups excluding carboxylic acids is 1. The van der Waals surface area contributed by atoms with Crippen molar-refractivity contribution in [2.75, 3.05) is 5.32 Å². The minimum Gasteiger partial charge on any atom is -0.300 e. The number of amides is 1. The fourth-order valence-electron chi connectivity index (χ4n) is 3.90. The molecule has 1 aromatic heterocycles. The second kappa shape index (κ2) is 7.14. The second-order valence-electron chi connectivity index (χ2n) is 6.74. The Hall–Kier alpha value is -1.91. The zero-order valence-electron chi connectivity index (χ0n) is 13.6. The lowest BCUT2D eigenvalue weighted by Crippen LogP contribution is -2.27. The highest BCUT2D eigenvalue weighted by molar-refractivity contribution is 8.00. The van der Waals surface area contributed by atoms with Gasteiger partial charge >= 0.3 is 0 Å². The maximum Gasteiger partial charge on any atom is 0.229 e. The van der Waals surface area contributed by atoms with E-state index in [4.69, 9.17) is 5.26 Å². The van der Waals surface area contributed by atoms with Gasteiger partial charge in [-0.3, -0.25) is 4.79 Å². The van der Waals surface area contributed by atoms with Crippen LogP contribution in [-0.2, 0) is 10.5 Å². The van der Waals surface area contributed by atoms with Crippen molar-refractivity contribution in [3.63, 3.8) is 0 Å². The number of hydrogen-bond acceptors (Lipinski definition) is 6. The van der Waals surface area contributed by atoms with Crippen LogP contribution in [0.15, 0.2) is 28.6 Å². The number of hydrogen-bond donors (Lipinski definition) is 1. The molecule has 1 amide bonds. The molecule has 3 atom stereocenters. The van der Waals surface area contributed by atoms with Gasteiger partial charge < -0.3 is 5.32 Å². The number of fused-ring (bicyclic) bond motifs is 2. The number of aromatic nitrogens is 2. The molecule has 2 aliphatic carbocycles. The van der Waals surface area contributed by atoms with E-state index >= 15 is 0 Å². The van der Waals surface area contributed by atoms with Crippen molar-refractivity contribution in [1.29, 1.82) is 5.26 Å². The lowest BCUT2D eigenvalue weighted by molar-refractivity contribution is -0.121. The molecule has 0 radical (unpaired) electrons. The molecule has 7 heteroatoms. The first-order valence-electron chi connectivity index (χ1n) is 8.47. The minimum absolute atomic E-state index is 0.118. The lowest BCUT2D eigenvalue weighted by Gasteiger charge is -2.19. The van der Waals surface area contributed by atoms with Gasteiger partial charge in [0.1, 0.15) is 0 Å². The normalized spacial score (nSPS) is 24.2. The van der Waals surface area contributed by atoms with Gasteiger partial charge in [-0.25, -0.2) is 0 Å². The van der Waals surface area contributed by atoms with Crippen molar-refractivity contribution in [3.8, 4) is 6.07 Å². The summed E-state index contributed by atoms with van der Waals surface area (Å²) in [5.74, 6) is 2.38. The monoisotopic (exact) mass is 370 g/mol. The molecule has 2 fully saturated rings. The number of nitriles is 1. The van der Waals surface area contributed by atoms with E-state index < -0.39 is 0 Å². The number of nitrogens with zero attached hydrogens (tertiary/aromatic N) is 3. The lowest BCUT2D eigenvalue weighted by atomic mass is 9.88. The Morgan fingerprint density at radius 3 is 2.80 bits per heavy atom. The molecule has 0 spiro atoms. The summed E-state index contributed by atoms with van der Waals surface area (Å²) in [5, 5.41) is 20.6. The Balaban J connectivity index is 1.31. The third kappa shape index (κ3) is 3.70. The molecule has 2 aliphatic rings. The Labute approximate surface area is 154 Å². The summed E-state index contributed by atoms with van der Waals surface area (Å²) in [6.07, 6.45) is 4.75. The van der Waals surface area contributed by atoms with Crippen LogP contribution in [0.4, 0.5) is 5.13 Å². The number of benzene rings is 1. The van der Waals surface area contributed by atoms with Gasteiger partial charge in [0, 0.05) is 11.7 Å². The number of anilines is 1. The second-order valence-corrected chi connectivity index (χ2v) is 8.94. The first-order chi connectivity index (χ1) is 12.2. The highest BCUT2D eigenvalue weighted by atomic mass is 32.2. The van der Waals surface area contributed by atoms with Crippen LogP contribution in [0.3, 0.4) is 0 Å². The molecular weight excluding hydrogens is 352 g/mol. The molecule has 0 aliphatic heterocycles. The van der Waals surface area contributed by atoms with Crippen LogP contribution in [0.25, 0.3) is 0 Å². The van der Waals surface area contributed by atoms with Gasteiger partial charge in [0.15, 0.2) is 4.34 Å². The Bertz CT molecular complexity index is 811. The maximum atomic E-state index is 12.4. The average Bonchev–Trinajstić information content (AvgIpc) is 3.37. The van der Waals surface area contributed by atoms with Crippen molar-refractivity contribution < 1.29 is 4.79 Å². The molecule has 3 unspecified atom stereocenters. The van der Waals surface area contributed by atoms with Gasteiger partial charge in [-0.1, -0.05) is 41.7 Å². The molecular formula is C18H18N4OS2. The number of carbonyl (C=O) groups is 1. The summed E-state index contributed by atoms with van der Waals surface area (Å²) >= 11 is 3.01. The molecule has 1 heterocycles. The van der Waals surface area contributed by atoms with E-state index in [9.17, 15) is 4.79 Å². The number of nitrogens with one attached hydrogen (secondary N) is 1. The van der Waals surface area contributed by atoms with E-state index in [0.29, 0.717) is 16.6 Å². The highest BCUT2D eigenvalue weighted by Crippen LogP contribution is 2.48. The summed E-state index contributed by atoms with van der Waals surface area (Å²) < 4.78 is 0.840. The molecule has 1 aromatic carbocycles. The number of rotatable bonds is 5. The third-order valence-corrected chi connectivity index (χ3v) is 7.20. The minimum atomic E-state index is 0.118. The van der Waals surface area contributed by atoms with E-state index in [1.54, 1.807) is 11.8 Å². The summed E-state index contributed by atoms with van der Waals surface area (Å²) in [4.78, 5) is 12.4. The number of thioether (sulfide) groups is 1.